The lowest BCUT2D eigenvalue weighted by Crippen LogP contribution is -2.41. The zero-order valence-electron chi connectivity index (χ0n) is 18.2. The zero-order valence-corrected chi connectivity index (χ0v) is 18.2. The molecule has 0 radical (unpaired) electrons. The van der Waals surface area contributed by atoms with E-state index in [-0.39, 0.29) is 31.0 Å². The molecule has 1 atom stereocenters. The minimum Gasteiger partial charge on any atom is -0.435 e. The molecule has 5 nitrogen and oxygen atoms in total. The van der Waals surface area contributed by atoms with Gasteiger partial charge in [0.05, 0.1) is 6.67 Å². The Labute approximate surface area is 197 Å². The number of ether oxygens (including phenoxy) is 1. The third-order valence-corrected chi connectivity index (χ3v) is 5.85. The van der Waals surface area contributed by atoms with Crippen molar-refractivity contribution in [3.05, 3.63) is 64.7 Å². The number of benzene rings is 2. The summed E-state index contributed by atoms with van der Waals surface area (Å²) in [5, 5.41) is 0. The van der Waals surface area contributed by atoms with Crippen LogP contribution in [0.25, 0.3) is 0 Å². The predicted octanol–water partition coefficient (Wildman–Crippen LogP) is 4.93. The van der Waals surface area contributed by atoms with Crippen molar-refractivity contribution in [2.75, 3.05) is 13.7 Å². The molecule has 8 heteroatoms. The number of nitrogens with zero attached hydrogens (tertiary/aromatic N) is 2. The average molecular weight is 472 g/mol. The van der Waals surface area contributed by atoms with Crippen LogP contribution in [0.2, 0.25) is 0 Å². The first kappa shape index (κ1) is 25.2. The highest BCUT2D eigenvalue weighted by molar-refractivity contribution is 6.09. The number of carbonyl (C=O) groups excluding carboxylic acids is 1. The minimum absolute atomic E-state index is 0. The van der Waals surface area contributed by atoms with Crippen LogP contribution in [-0.4, -0.2) is 37.1 Å². The van der Waals surface area contributed by atoms with E-state index < -0.39 is 18.8 Å². The smallest absolute Gasteiger partial charge is 0.387 e. The molecule has 0 bridgehead atoms. The Kier molecular flexibility index (Phi) is 7.55. The van der Waals surface area contributed by atoms with Crippen LogP contribution in [0.5, 0.6) is 5.75 Å². The van der Waals surface area contributed by atoms with Crippen molar-refractivity contribution in [1.29, 1.82) is 0 Å². The van der Waals surface area contributed by atoms with Gasteiger partial charge in [0.15, 0.2) is 11.5 Å². The maximum Gasteiger partial charge on any atom is 0.387 e. The number of hydrogen-bond donors (Lipinski definition) is 1. The standard InChI is InChI=1S/C25H24F3N3O2.CH4/c1-31-22(32)25(30-24(31)29,18-8-5-7-16(14-18)6-3-2-4-13-26)19-11-12-21(33-23(27)28)20(15-19)17-9-10-17;/h5,7-8,11-12,14-15,17,23H,2,4,9-10,13H2,1H3,(H2,29,30);1H4/t25-;/m1./s1. The van der Waals surface area contributed by atoms with Gasteiger partial charge >= 0.3 is 6.61 Å². The number of halogens is 3. The molecule has 0 aromatic heterocycles. The van der Waals surface area contributed by atoms with Crippen molar-refractivity contribution in [2.24, 2.45) is 10.7 Å². The van der Waals surface area contributed by atoms with Gasteiger partial charge in [0.1, 0.15) is 5.75 Å². The Morgan fingerprint density at radius 2 is 1.97 bits per heavy atom. The number of hydrogen-bond acceptors (Lipinski definition) is 4. The molecular weight excluding hydrogens is 443 g/mol. The van der Waals surface area contributed by atoms with E-state index in [0.29, 0.717) is 35.1 Å². The summed E-state index contributed by atoms with van der Waals surface area (Å²) < 4.78 is 42.9. The lowest BCUT2D eigenvalue weighted by molar-refractivity contribution is -0.129. The van der Waals surface area contributed by atoms with Crippen LogP contribution in [0.3, 0.4) is 0 Å². The SMILES string of the molecule is C.CN1C(=O)[C@@](c2cccc(C#CCCCF)c2)(c2ccc(OC(F)F)c(C3CC3)c2)N=C1N. The number of amides is 1. The number of unbranched alkanes of at least 4 members (excludes halogenated alkanes) is 1. The third-order valence-electron chi connectivity index (χ3n) is 5.85. The highest BCUT2D eigenvalue weighted by atomic mass is 19.3. The number of guanidine groups is 1. The normalized spacial score (nSPS) is 19.4. The Hall–Kier alpha value is -3.47. The van der Waals surface area contributed by atoms with Crippen molar-refractivity contribution in [3.8, 4) is 17.6 Å². The Morgan fingerprint density at radius 1 is 1.24 bits per heavy atom. The Bertz CT molecular complexity index is 1150. The van der Waals surface area contributed by atoms with E-state index in [2.05, 4.69) is 16.8 Å². The molecule has 1 saturated carbocycles. The van der Waals surface area contributed by atoms with Gasteiger partial charge in [-0.25, -0.2) is 4.99 Å². The Morgan fingerprint density at radius 3 is 2.59 bits per heavy atom. The van der Waals surface area contributed by atoms with Crippen molar-refractivity contribution in [3.63, 3.8) is 0 Å². The monoisotopic (exact) mass is 471 g/mol. The van der Waals surface area contributed by atoms with E-state index in [1.807, 2.05) is 0 Å². The van der Waals surface area contributed by atoms with Crippen LogP contribution in [0.4, 0.5) is 13.2 Å². The van der Waals surface area contributed by atoms with Gasteiger partial charge in [-0.2, -0.15) is 8.78 Å². The molecule has 1 heterocycles. The summed E-state index contributed by atoms with van der Waals surface area (Å²) in [6, 6.07) is 11.9. The van der Waals surface area contributed by atoms with Crippen molar-refractivity contribution in [2.45, 2.75) is 51.2 Å². The molecule has 2 aromatic rings. The van der Waals surface area contributed by atoms with Crippen LogP contribution in [0, 0.1) is 11.8 Å². The fraction of sp³-hybridized carbons (Fsp3) is 0.385. The molecule has 0 saturated heterocycles. The van der Waals surface area contributed by atoms with E-state index in [1.54, 1.807) is 43.4 Å². The van der Waals surface area contributed by atoms with E-state index in [1.165, 1.54) is 11.0 Å². The number of carbonyl (C=O) groups is 1. The summed E-state index contributed by atoms with van der Waals surface area (Å²) in [5.74, 6) is 5.82. The second-order valence-corrected chi connectivity index (χ2v) is 8.13. The van der Waals surface area contributed by atoms with Crippen LogP contribution in [0.15, 0.2) is 47.5 Å². The van der Waals surface area contributed by atoms with Gasteiger partial charge in [0.25, 0.3) is 5.91 Å². The van der Waals surface area contributed by atoms with Gasteiger partial charge in [-0.15, -0.1) is 0 Å². The molecule has 1 aliphatic carbocycles. The molecular formula is C26H28F3N3O2. The molecule has 34 heavy (non-hydrogen) atoms. The summed E-state index contributed by atoms with van der Waals surface area (Å²) >= 11 is 0. The van der Waals surface area contributed by atoms with Crippen LogP contribution < -0.4 is 10.5 Å². The van der Waals surface area contributed by atoms with Crippen molar-refractivity contribution >= 4 is 11.9 Å². The van der Waals surface area contributed by atoms with Crippen molar-refractivity contribution in [1.82, 2.24) is 4.90 Å². The summed E-state index contributed by atoms with van der Waals surface area (Å²) in [5.41, 5.74) is 6.94. The van der Waals surface area contributed by atoms with Crippen LogP contribution in [0.1, 0.15) is 61.3 Å². The fourth-order valence-corrected chi connectivity index (χ4v) is 4.02. The molecule has 180 valence electrons. The molecule has 0 unspecified atom stereocenters. The minimum atomic E-state index is -2.94. The molecule has 2 aliphatic rings. The second-order valence-electron chi connectivity index (χ2n) is 8.13. The van der Waals surface area contributed by atoms with Gasteiger partial charge in [-0.3, -0.25) is 14.1 Å². The highest BCUT2D eigenvalue weighted by Gasteiger charge is 2.50. The number of aliphatic imine (C=N–C) groups is 1. The quantitative estimate of drug-likeness (QED) is 0.460. The zero-order chi connectivity index (χ0) is 23.6. The number of nitrogens with two attached hydrogens (primary N) is 1. The van der Waals surface area contributed by atoms with E-state index in [9.17, 15) is 18.0 Å². The number of alkyl halides is 3. The highest BCUT2D eigenvalue weighted by Crippen LogP contribution is 2.48. The summed E-state index contributed by atoms with van der Waals surface area (Å²) in [6.07, 6.45) is 2.51. The fourth-order valence-electron chi connectivity index (χ4n) is 4.02. The average Bonchev–Trinajstić information content (AvgIpc) is 3.61. The number of likely N-dealkylation sites (N-methyl/N-ethyl adjacent to an activating group) is 1. The Balaban J connectivity index is 0.00000324. The summed E-state index contributed by atoms with van der Waals surface area (Å²) in [7, 11) is 1.54. The van der Waals surface area contributed by atoms with Crippen LogP contribution >= 0.6 is 0 Å². The third kappa shape index (κ3) is 4.74. The molecule has 4 rings (SSSR count). The molecule has 0 spiro atoms. The first-order chi connectivity index (χ1) is 15.9. The maximum absolute atomic E-state index is 13.5. The first-order valence-electron chi connectivity index (χ1n) is 10.7. The largest absolute Gasteiger partial charge is 0.435 e. The lowest BCUT2D eigenvalue weighted by atomic mass is 9.81. The van der Waals surface area contributed by atoms with Crippen LogP contribution in [-0.2, 0) is 10.3 Å². The molecule has 2 aromatic carbocycles. The first-order valence-corrected chi connectivity index (χ1v) is 10.7. The van der Waals surface area contributed by atoms with E-state index >= 15 is 0 Å². The molecule has 2 N–H and O–H groups in total. The maximum atomic E-state index is 13.5. The van der Waals surface area contributed by atoms with E-state index in [0.717, 1.165) is 12.8 Å². The van der Waals surface area contributed by atoms with E-state index in [4.69, 9.17) is 10.5 Å². The van der Waals surface area contributed by atoms with Gasteiger partial charge in [0.2, 0.25) is 0 Å². The topological polar surface area (TPSA) is 67.9 Å². The second kappa shape index (κ2) is 10.2. The molecule has 1 aliphatic heterocycles. The van der Waals surface area contributed by atoms with Gasteiger partial charge in [-0.05, 0) is 66.1 Å². The van der Waals surface area contributed by atoms with Gasteiger partial charge < -0.3 is 10.5 Å². The van der Waals surface area contributed by atoms with Gasteiger partial charge in [0, 0.05) is 19.0 Å². The molecule has 1 fully saturated rings. The predicted molar refractivity (Wildman–Crippen MR) is 125 cm³/mol. The summed E-state index contributed by atoms with van der Waals surface area (Å²) in [6.45, 7) is -3.37. The van der Waals surface area contributed by atoms with Crippen molar-refractivity contribution < 1.29 is 22.7 Å². The number of rotatable bonds is 7. The van der Waals surface area contributed by atoms with Gasteiger partial charge in [-0.1, -0.05) is 37.5 Å². The summed E-state index contributed by atoms with van der Waals surface area (Å²) in [4.78, 5) is 19.4. The molecule has 1 amide bonds. The lowest BCUT2D eigenvalue weighted by Gasteiger charge is -2.27.